The predicted molar refractivity (Wildman–Crippen MR) is 112 cm³/mol. The molecule has 2 aromatic rings. The Kier molecular flexibility index (Phi) is 5.76. The molecule has 2 aromatic heterocycles. The Hall–Kier alpha value is -2.21. The van der Waals surface area contributed by atoms with Crippen LogP contribution >= 0.6 is 11.3 Å². The summed E-state index contributed by atoms with van der Waals surface area (Å²) < 4.78 is 0. The molecule has 4 rings (SSSR count). The van der Waals surface area contributed by atoms with Gasteiger partial charge in [0.25, 0.3) is 5.91 Å². The summed E-state index contributed by atoms with van der Waals surface area (Å²) in [6.45, 7) is 3.19. The quantitative estimate of drug-likeness (QED) is 0.789. The van der Waals surface area contributed by atoms with Gasteiger partial charge in [0, 0.05) is 29.6 Å². The van der Waals surface area contributed by atoms with Crippen LogP contribution in [-0.4, -0.2) is 34.8 Å². The lowest BCUT2D eigenvalue weighted by Crippen LogP contribution is -2.41. The maximum absolute atomic E-state index is 12.9. The van der Waals surface area contributed by atoms with E-state index in [2.05, 4.69) is 16.4 Å². The highest BCUT2D eigenvalue weighted by molar-refractivity contribution is 7.14. The number of nitrogens with zero attached hydrogens (tertiary/aromatic N) is 2. The van der Waals surface area contributed by atoms with Crippen LogP contribution in [0.4, 0.5) is 5.82 Å². The molecule has 1 N–H and O–H groups in total. The minimum atomic E-state index is -0.0635. The first-order valence-electron chi connectivity index (χ1n) is 10.3. The predicted octanol–water partition coefficient (Wildman–Crippen LogP) is 4.21. The number of thiophene rings is 1. The Labute approximate surface area is 170 Å². The molecule has 0 saturated carbocycles. The molecule has 6 heteroatoms. The van der Waals surface area contributed by atoms with Gasteiger partial charge >= 0.3 is 0 Å². The lowest BCUT2D eigenvalue weighted by atomic mass is 9.95. The third-order valence-corrected chi connectivity index (χ3v) is 6.98. The standard InChI is InChI=1S/C22H27N3O2S/c1-15-6-5-9-20(23-15)24-21(26)16-10-12-25(13-11-16)22(27)19-14-17-7-3-2-4-8-18(17)28-19/h5-6,9,14,16H,2-4,7-8,10-13H2,1H3,(H,23,24,26). The Bertz CT molecular complexity index is 845. The highest BCUT2D eigenvalue weighted by Gasteiger charge is 2.29. The van der Waals surface area contributed by atoms with Gasteiger partial charge in [-0.15, -0.1) is 11.3 Å². The summed E-state index contributed by atoms with van der Waals surface area (Å²) in [5, 5.41) is 2.92. The number of rotatable bonds is 3. The van der Waals surface area contributed by atoms with E-state index in [1.54, 1.807) is 11.3 Å². The number of piperidine rings is 1. The zero-order valence-electron chi connectivity index (χ0n) is 16.4. The molecule has 2 aliphatic rings. The second-order valence-electron chi connectivity index (χ2n) is 7.84. The van der Waals surface area contributed by atoms with Gasteiger partial charge in [0.2, 0.25) is 5.91 Å². The summed E-state index contributed by atoms with van der Waals surface area (Å²) in [5.74, 6) is 0.681. The maximum atomic E-state index is 12.9. The van der Waals surface area contributed by atoms with Gasteiger partial charge in [0.15, 0.2) is 0 Å². The lowest BCUT2D eigenvalue weighted by molar-refractivity contribution is -0.121. The number of hydrogen-bond donors (Lipinski definition) is 1. The molecule has 0 atom stereocenters. The highest BCUT2D eigenvalue weighted by Crippen LogP contribution is 2.30. The van der Waals surface area contributed by atoms with Crippen LogP contribution in [-0.2, 0) is 17.6 Å². The Morgan fingerprint density at radius 3 is 2.71 bits per heavy atom. The van der Waals surface area contributed by atoms with Crippen LogP contribution in [0.3, 0.4) is 0 Å². The molecular formula is C22H27N3O2S. The Balaban J connectivity index is 1.33. The molecule has 5 nitrogen and oxygen atoms in total. The van der Waals surface area contributed by atoms with Crippen molar-refractivity contribution in [2.75, 3.05) is 18.4 Å². The van der Waals surface area contributed by atoms with E-state index in [9.17, 15) is 9.59 Å². The summed E-state index contributed by atoms with van der Waals surface area (Å²) in [5.41, 5.74) is 2.26. The topological polar surface area (TPSA) is 62.3 Å². The highest BCUT2D eigenvalue weighted by atomic mass is 32.1. The number of aryl methyl sites for hydroxylation is 3. The monoisotopic (exact) mass is 397 g/mol. The third-order valence-electron chi connectivity index (χ3n) is 5.75. The normalized spacial score (nSPS) is 17.7. The molecule has 148 valence electrons. The summed E-state index contributed by atoms with van der Waals surface area (Å²) >= 11 is 1.68. The summed E-state index contributed by atoms with van der Waals surface area (Å²) in [6, 6.07) is 7.73. The minimum Gasteiger partial charge on any atom is -0.338 e. The molecule has 0 spiro atoms. The Morgan fingerprint density at radius 2 is 1.93 bits per heavy atom. The van der Waals surface area contributed by atoms with Crippen LogP contribution in [0.25, 0.3) is 0 Å². The van der Waals surface area contributed by atoms with Crippen molar-refractivity contribution in [2.45, 2.75) is 51.9 Å². The van der Waals surface area contributed by atoms with Gasteiger partial charge in [-0.1, -0.05) is 12.5 Å². The van der Waals surface area contributed by atoms with Crippen molar-refractivity contribution in [1.82, 2.24) is 9.88 Å². The number of carbonyl (C=O) groups is 2. The summed E-state index contributed by atoms with van der Waals surface area (Å²) in [7, 11) is 0. The average molecular weight is 398 g/mol. The van der Waals surface area contributed by atoms with Crippen molar-refractivity contribution in [2.24, 2.45) is 5.92 Å². The van der Waals surface area contributed by atoms with Crippen molar-refractivity contribution < 1.29 is 9.59 Å². The molecule has 1 fully saturated rings. The van der Waals surface area contributed by atoms with Crippen molar-refractivity contribution in [1.29, 1.82) is 0 Å². The minimum absolute atomic E-state index is 0.00744. The van der Waals surface area contributed by atoms with Crippen LogP contribution in [0, 0.1) is 12.8 Å². The number of aromatic nitrogens is 1. The molecule has 2 amide bonds. The van der Waals surface area contributed by atoms with Gasteiger partial charge in [0.05, 0.1) is 4.88 Å². The number of carbonyl (C=O) groups excluding carboxylic acids is 2. The molecular weight excluding hydrogens is 370 g/mol. The second-order valence-corrected chi connectivity index (χ2v) is 8.98. The number of amides is 2. The fourth-order valence-corrected chi connectivity index (χ4v) is 5.34. The van der Waals surface area contributed by atoms with Crippen LogP contribution in [0.5, 0.6) is 0 Å². The van der Waals surface area contributed by atoms with Crippen LogP contribution < -0.4 is 5.32 Å². The van der Waals surface area contributed by atoms with Crippen LogP contribution in [0.2, 0.25) is 0 Å². The van der Waals surface area contributed by atoms with Crippen molar-refractivity contribution in [3.63, 3.8) is 0 Å². The van der Waals surface area contributed by atoms with E-state index in [1.807, 2.05) is 30.0 Å². The van der Waals surface area contributed by atoms with E-state index in [4.69, 9.17) is 0 Å². The van der Waals surface area contributed by atoms with Gasteiger partial charge in [-0.2, -0.15) is 0 Å². The second kappa shape index (κ2) is 8.43. The number of likely N-dealkylation sites (tertiary alicyclic amines) is 1. The molecule has 0 aromatic carbocycles. The number of nitrogens with one attached hydrogen (secondary N) is 1. The zero-order chi connectivity index (χ0) is 19.5. The molecule has 0 bridgehead atoms. The van der Waals surface area contributed by atoms with Gasteiger partial charge < -0.3 is 10.2 Å². The smallest absolute Gasteiger partial charge is 0.263 e. The molecule has 28 heavy (non-hydrogen) atoms. The molecule has 0 radical (unpaired) electrons. The molecule has 1 aliphatic carbocycles. The molecule has 1 saturated heterocycles. The van der Waals surface area contributed by atoms with Crippen molar-refractivity contribution >= 4 is 29.0 Å². The first-order valence-corrected chi connectivity index (χ1v) is 11.1. The fourth-order valence-electron chi connectivity index (χ4n) is 4.11. The van der Waals surface area contributed by atoms with E-state index >= 15 is 0 Å². The first kappa shape index (κ1) is 19.1. The fraction of sp³-hybridized carbons (Fsp3) is 0.500. The van der Waals surface area contributed by atoms with Crippen LogP contribution in [0.1, 0.15) is 57.9 Å². The first-order chi connectivity index (χ1) is 13.6. The van der Waals surface area contributed by atoms with E-state index in [0.29, 0.717) is 31.7 Å². The Morgan fingerprint density at radius 1 is 1.14 bits per heavy atom. The number of hydrogen-bond acceptors (Lipinski definition) is 4. The largest absolute Gasteiger partial charge is 0.338 e. The van der Waals surface area contributed by atoms with Gasteiger partial charge in [-0.05, 0) is 69.2 Å². The van der Waals surface area contributed by atoms with E-state index in [-0.39, 0.29) is 17.7 Å². The van der Waals surface area contributed by atoms with Gasteiger partial charge in [-0.25, -0.2) is 4.98 Å². The van der Waals surface area contributed by atoms with Crippen molar-refractivity contribution in [3.05, 3.63) is 45.3 Å². The third kappa shape index (κ3) is 4.27. The van der Waals surface area contributed by atoms with Crippen LogP contribution in [0.15, 0.2) is 24.3 Å². The average Bonchev–Trinajstić information content (AvgIpc) is 2.98. The van der Waals surface area contributed by atoms with E-state index < -0.39 is 0 Å². The molecule has 1 aliphatic heterocycles. The number of fused-ring (bicyclic) bond motifs is 1. The van der Waals surface area contributed by atoms with E-state index in [1.165, 1.54) is 29.7 Å². The molecule has 0 unspecified atom stereocenters. The van der Waals surface area contributed by atoms with Crippen molar-refractivity contribution in [3.8, 4) is 0 Å². The van der Waals surface area contributed by atoms with E-state index in [0.717, 1.165) is 23.4 Å². The molecule has 3 heterocycles. The van der Waals surface area contributed by atoms with Gasteiger partial charge in [-0.3, -0.25) is 9.59 Å². The zero-order valence-corrected chi connectivity index (χ0v) is 17.2. The lowest BCUT2D eigenvalue weighted by Gasteiger charge is -2.31. The number of pyridine rings is 1. The summed E-state index contributed by atoms with van der Waals surface area (Å²) in [4.78, 5) is 34.0. The SMILES string of the molecule is Cc1cccc(NC(=O)C2CCN(C(=O)c3cc4c(s3)CCCCC4)CC2)n1. The number of anilines is 1. The maximum Gasteiger partial charge on any atom is 0.263 e. The van der Waals surface area contributed by atoms with Gasteiger partial charge in [0.1, 0.15) is 5.82 Å². The summed E-state index contributed by atoms with van der Waals surface area (Å²) in [6.07, 6.45) is 7.38.